The maximum absolute atomic E-state index is 11.7. The molecule has 1 heterocycles. The zero-order valence-corrected chi connectivity index (χ0v) is 11.5. The molecule has 1 saturated heterocycles. The van der Waals surface area contributed by atoms with Crippen LogP contribution in [0, 0.1) is 0 Å². The van der Waals surface area contributed by atoms with Crippen LogP contribution in [0.1, 0.15) is 20.3 Å². The van der Waals surface area contributed by atoms with E-state index >= 15 is 0 Å². The van der Waals surface area contributed by atoms with Crippen molar-refractivity contribution in [1.82, 2.24) is 9.80 Å². The number of allylic oxidation sites excluding steroid dienone is 1. The van der Waals surface area contributed by atoms with E-state index in [2.05, 4.69) is 11.5 Å². The Bertz CT molecular complexity index is 281. The average molecular weight is 256 g/mol. The Hall–Kier alpha value is -1.07. The number of nitrogens with zero attached hydrogens (tertiary/aromatic N) is 2. The summed E-state index contributed by atoms with van der Waals surface area (Å²) >= 11 is 0. The van der Waals surface area contributed by atoms with Crippen molar-refractivity contribution in [3.8, 4) is 0 Å². The lowest BCUT2D eigenvalue weighted by Gasteiger charge is -2.21. The van der Waals surface area contributed by atoms with Crippen molar-refractivity contribution in [1.29, 1.82) is 0 Å². The van der Waals surface area contributed by atoms with E-state index in [9.17, 15) is 4.79 Å². The number of rotatable bonds is 5. The molecule has 0 aromatic rings. The molecule has 5 heteroatoms. The van der Waals surface area contributed by atoms with E-state index < -0.39 is 0 Å². The Morgan fingerprint density at radius 3 is 2.72 bits per heavy atom. The van der Waals surface area contributed by atoms with Crippen LogP contribution < -0.4 is 0 Å². The van der Waals surface area contributed by atoms with Crippen LogP contribution in [0.3, 0.4) is 0 Å². The Morgan fingerprint density at radius 2 is 2.06 bits per heavy atom. The fourth-order valence-electron chi connectivity index (χ4n) is 1.93. The van der Waals surface area contributed by atoms with Gasteiger partial charge in [-0.1, -0.05) is 6.58 Å². The van der Waals surface area contributed by atoms with Crippen LogP contribution >= 0.6 is 0 Å². The zero-order chi connectivity index (χ0) is 13.4. The standard InChI is InChI=1S/C13H24N2O3/c1-4-17-11-10-14-6-5-7-15(9-8-14)13(16)18-12(2)3/h2,4-11H2,1,3H3. The Morgan fingerprint density at radius 1 is 1.28 bits per heavy atom. The van der Waals surface area contributed by atoms with Gasteiger partial charge in [0.1, 0.15) is 0 Å². The first-order valence-corrected chi connectivity index (χ1v) is 6.56. The topological polar surface area (TPSA) is 42.0 Å². The monoisotopic (exact) mass is 256 g/mol. The number of amides is 1. The fourth-order valence-corrected chi connectivity index (χ4v) is 1.93. The van der Waals surface area contributed by atoms with Crippen LogP contribution in [-0.4, -0.2) is 61.8 Å². The highest BCUT2D eigenvalue weighted by atomic mass is 16.6. The minimum atomic E-state index is -0.283. The Labute approximate surface area is 109 Å². The van der Waals surface area contributed by atoms with Crippen molar-refractivity contribution in [3.63, 3.8) is 0 Å². The van der Waals surface area contributed by atoms with Crippen molar-refractivity contribution in [2.75, 3.05) is 45.9 Å². The summed E-state index contributed by atoms with van der Waals surface area (Å²) in [5.74, 6) is 0.442. The molecule has 104 valence electrons. The number of carbonyl (C=O) groups is 1. The van der Waals surface area contributed by atoms with E-state index in [0.29, 0.717) is 12.3 Å². The summed E-state index contributed by atoms with van der Waals surface area (Å²) in [6.07, 6.45) is 0.686. The second kappa shape index (κ2) is 8.11. The first kappa shape index (κ1) is 15.0. The van der Waals surface area contributed by atoms with E-state index in [-0.39, 0.29) is 6.09 Å². The van der Waals surface area contributed by atoms with Crippen LogP contribution in [0.15, 0.2) is 12.3 Å². The van der Waals surface area contributed by atoms with Gasteiger partial charge in [0.2, 0.25) is 0 Å². The average Bonchev–Trinajstić information content (AvgIpc) is 2.54. The van der Waals surface area contributed by atoms with Gasteiger partial charge in [-0.15, -0.1) is 0 Å². The molecule has 0 saturated carbocycles. The molecule has 1 aliphatic rings. The third-order valence-corrected chi connectivity index (χ3v) is 2.86. The van der Waals surface area contributed by atoms with Crippen molar-refractivity contribution in [3.05, 3.63) is 12.3 Å². The number of hydrogen-bond donors (Lipinski definition) is 0. The molecule has 1 fully saturated rings. The second-order valence-corrected chi connectivity index (χ2v) is 4.45. The predicted molar refractivity (Wildman–Crippen MR) is 70.4 cm³/mol. The van der Waals surface area contributed by atoms with Crippen molar-refractivity contribution >= 4 is 6.09 Å². The van der Waals surface area contributed by atoms with Crippen LogP contribution in [0.2, 0.25) is 0 Å². The van der Waals surface area contributed by atoms with Gasteiger partial charge < -0.3 is 14.4 Å². The van der Waals surface area contributed by atoms with E-state index in [0.717, 1.165) is 45.8 Å². The van der Waals surface area contributed by atoms with Crippen LogP contribution in [-0.2, 0) is 9.47 Å². The molecule has 0 spiro atoms. The van der Waals surface area contributed by atoms with Crippen LogP contribution in [0.5, 0.6) is 0 Å². The Kier molecular flexibility index (Phi) is 6.75. The minimum absolute atomic E-state index is 0.283. The van der Waals surface area contributed by atoms with Crippen molar-refractivity contribution < 1.29 is 14.3 Å². The van der Waals surface area contributed by atoms with Gasteiger partial charge in [0.25, 0.3) is 0 Å². The molecule has 0 N–H and O–H groups in total. The number of ether oxygens (including phenoxy) is 2. The highest BCUT2D eigenvalue weighted by Crippen LogP contribution is 2.06. The Balaban J connectivity index is 2.31. The number of carbonyl (C=O) groups excluding carboxylic acids is 1. The lowest BCUT2D eigenvalue weighted by molar-refractivity contribution is 0.112. The SMILES string of the molecule is C=C(C)OC(=O)N1CCCN(CCOCC)CC1. The highest BCUT2D eigenvalue weighted by Gasteiger charge is 2.20. The minimum Gasteiger partial charge on any atom is -0.416 e. The first-order valence-electron chi connectivity index (χ1n) is 6.56. The largest absolute Gasteiger partial charge is 0.416 e. The third-order valence-electron chi connectivity index (χ3n) is 2.86. The molecule has 18 heavy (non-hydrogen) atoms. The summed E-state index contributed by atoms with van der Waals surface area (Å²) in [6, 6.07) is 0. The summed E-state index contributed by atoms with van der Waals surface area (Å²) in [5, 5.41) is 0. The van der Waals surface area contributed by atoms with E-state index in [1.807, 2.05) is 6.92 Å². The van der Waals surface area contributed by atoms with Crippen LogP contribution in [0.25, 0.3) is 0 Å². The molecule has 0 radical (unpaired) electrons. The van der Waals surface area contributed by atoms with E-state index in [1.54, 1.807) is 11.8 Å². The number of hydrogen-bond acceptors (Lipinski definition) is 4. The van der Waals surface area contributed by atoms with E-state index in [4.69, 9.17) is 9.47 Å². The maximum atomic E-state index is 11.7. The highest BCUT2D eigenvalue weighted by molar-refractivity contribution is 5.68. The molecule has 1 aliphatic heterocycles. The smallest absolute Gasteiger partial charge is 0.414 e. The summed E-state index contributed by atoms with van der Waals surface area (Å²) in [4.78, 5) is 15.8. The lowest BCUT2D eigenvalue weighted by Crippen LogP contribution is -2.36. The molecule has 0 aromatic heterocycles. The zero-order valence-electron chi connectivity index (χ0n) is 11.5. The van der Waals surface area contributed by atoms with Gasteiger partial charge in [0, 0.05) is 32.8 Å². The molecule has 0 aromatic carbocycles. The molecule has 1 rings (SSSR count). The molecule has 5 nitrogen and oxygen atoms in total. The molecule has 0 atom stereocenters. The van der Waals surface area contributed by atoms with Gasteiger partial charge in [-0.3, -0.25) is 4.90 Å². The predicted octanol–water partition coefficient (Wildman–Crippen LogP) is 1.70. The van der Waals surface area contributed by atoms with Gasteiger partial charge in [-0.05, 0) is 26.8 Å². The van der Waals surface area contributed by atoms with E-state index in [1.165, 1.54) is 0 Å². The molecular formula is C13H24N2O3. The van der Waals surface area contributed by atoms with Gasteiger partial charge in [-0.25, -0.2) is 4.79 Å². The summed E-state index contributed by atoms with van der Waals surface area (Å²) in [6.45, 7) is 13.0. The quantitative estimate of drug-likeness (QED) is 0.554. The van der Waals surface area contributed by atoms with Gasteiger partial charge in [-0.2, -0.15) is 0 Å². The first-order chi connectivity index (χ1) is 8.63. The summed E-state index contributed by atoms with van der Waals surface area (Å²) in [7, 11) is 0. The van der Waals surface area contributed by atoms with Crippen molar-refractivity contribution in [2.45, 2.75) is 20.3 Å². The molecule has 0 unspecified atom stereocenters. The van der Waals surface area contributed by atoms with Gasteiger partial charge in [0.05, 0.1) is 12.4 Å². The van der Waals surface area contributed by atoms with Crippen molar-refractivity contribution in [2.24, 2.45) is 0 Å². The summed E-state index contributed by atoms with van der Waals surface area (Å²) in [5.41, 5.74) is 0. The maximum Gasteiger partial charge on any atom is 0.414 e. The van der Waals surface area contributed by atoms with Gasteiger partial charge >= 0.3 is 6.09 Å². The molecule has 0 aliphatic carbocycles. The molecule has 1 amide bonds. The van der Waals surface area contributed by atoms with Gasteiger partial charge in [0.15, 0.2) is 0 Å². The third kappa shape index (κ3) is 5.51. The molecular weight excluding hydrogens is 232 g/mol. The molecule has 0 bridgehead atoms. The second-order valence-electron chi connectivity index (χ2n) is 4.45. The van der Waals surface area contributed by atoms with Crippen LogP contribution in [0.4, 0.5) is 4.79 Å². The lowest BCUT2D eigenvalue weighted by atomic mass is 10.4. The fraction of sp³-hybridized carbons (Fsp3) is 0.769. The summed E-state index contributed by atoms with van der Waals surface area (Å²) < 4.78 is 10.4. The normalized spacial score (nSPS) is 17.3.